The average Bonchev–Trinajstić information content (AvgIpc) is 2.32. The van der Waals surface area contributed by atoms with Crippen LogP contribution in [0.5, 0.6) is 0 Å². The van der Waals surface area contributed by atoms with Gasteiger partial charge in [-0.2, -0.15) is 0 Å². The number of benzene rings is 1. The maximum Gasteiger partial charge on any atom is 0.285 e. The number of fused-ring (bicyclic) bond motifs is 1. The maximum absolute atomic E-state index is 11.2. The highest BCUT2D eigenvalue weighted by Gasteiger charge is 2.34. The first kappa shape index (κ1) is 7.94. The minimum absolute atomic E-state index is 0.143. The third kappa shape index (κ3) is 0.957. The Balaban J connectivity index is 2.67. The lowest BCUT2D eigenvalue weighted by Gasteiger charge is -1.99. The highest BCUT2D eigenvalue weighted by molar-refractivity contribution is 6.20. The zero-order valence-electron chi connectivity index (χ0n) is 6.94. The van der Waals surface area contributed by atoms with Crippen LogP contribution in [-0.4, -0.2) is 22.1 Å². The smallest absolute Gasteiger partial charge is 0.278 e. The number of hydroxylamine groups is 2. The third-order valence-corrected chi connectivity index (χ3v) is 2.02. The van der Waals surface area contributed by atoms with E-state index in [1.807, 2.05) is 6.92 Å². The Kier molecular flexibility index (Phi) is 1.47. The van der Waals surface area contributed by atoms with Gasteiger partial charge in [0.2, 0.25) is 0 Å². The number of imide groups is 1. The zero-order chi connectivity index (χ0) is 9.59. The molecule has 1 aliphatic rings. The molecule has 1 aromatic rings. The van der Waals surface area contributed by atoms with Crippen LogP contribution in [0.3, 0.4) is 0 Å². The molecule has 0 aliphatic carbocycles. The van der Waals surface area contributed by atoms with Crippen molar-refractivity contribution < 1.29 is 14.8 Å². The zero-order valence-corrected chi connectivity index (χ0v) is 6.94. The lowest BCUT2D eigenvalue weighted by Crippen LogP contribution is -2.25. The molecule has 0 bridgehead atoms. The van der Waals surface area contributed by atoms with Crippen molar-refractivity contribution >= 4 is 11.8 Å². The van der Waals surface area contributed by atoms with Crippen LogP contribution in [0.25, 0.3) is 0 Å². The number of amides is 2. The SMILES string of the molecule is Cc1ccc2c(c1)C(=O)N(O)C2=O. The van der Waals surface area contributed by atoms with Crippen molar-refractivity contribution in [1.82, 2.24) is 5.06 Å². The van der Waals surface area contributed by atoms with E-state index in [9.17, 15) is 9.59 Å². The van der Waals surface area contributed by atoms with Gasteiger partial charge in [-0.1, -0.05) is 11.6 Å². The van der Waals surface area contributed by atoms with Crippen LogP contribution in [0.1, 0.15) is 26.3 Å². The van der Waals surface area contributed by atoms with Gasteiger partial charge in [0.1, 0.15) is 0 Å². The van der Waals surface area contributed by atoms with Crippen molar-refractivity contribution in [2.75, 3.05) is 0 Å². The Bertz CT molecular complexity index is 411. The summed E-state index contributed by atoms with van der Waals surface area (Å²) in [5, 5.41) is 9.16. The molecule has 0 saturated carbocycles. The van der Waals surface area contributed by atoms with Gasteiger partial charge in [-0.05, 0) is 19.1 Å². The van der Waals surface area contributed by atoms with Crippen molar-refractivity contribution in [1.29, 1.82) is 0 Å². The van der Waals surface area contributed by atoms with E-state index in [-0.39, 0.29) is 16.2 Å². The topological polar surface area (TPSA) is 57.6 Å². The van der Waals surface area contributed by atoms with Gasteiger partial charge in [-0.3, -0.25) is 14.8 Å². The van der Waals surface area contributed by atoms with Gasteiger partial charge < -0.3 is 0 Å². The lowest BCUT2D eigenvalue weighted by atomic mass is 10.1. The quantitative estimate of drug-likeness (QED) is 0.474. The summed E-state index contributed by atoms with van der Waals surface area (Å²) in [5.41, 5.74) is 1.42. The molecular weight excluding hydrogens is 170 g/mol. The Morgan fingerprint density at radius 1 is 1.15 bits per heavy atom. The summed E-state index contributed by atoms with van der Waals surface area (Å²) in [6, 6.07) is 4.86. The Hall–Kier alpha value is -1.68. The molecule has 2 amide bonds. The Morgan fingerprint density at radius 2 is 1.77 bits per heavy atom. The van der Waals surface area contributed by atoms with E-state index in [2.05, 4.69) is 0 Å². The predicted molar refractivity (Wildman–Crippen MR) is 43.5 cm³/mol. The Labute approximate surface area is 74.4 Å². The highest BCUT2D eigenvalue weighted by atomic mass is 16.5. The number of hydrogen-bond acceptors (Lipinski definition) is 3. The molecule has 0 spiro atoms. The summed E-state index contributed by atoms with van der Waals surface area (Å²) < 4.78 is 0. The molecular formula is C9H7NO3. The van der Waals surface area contributed by atoms with Crippen molar-refractivity contribution in [3.05, 3.63) is 34.9 Å². The summed E-state index contributed by atoms with van der Waals surface area (Å²) in [6.45, 7) is 1.82. The molecule has 4 heteroatoms. The van der Waals surface area contributed by atoms with Gasteiger partial charge in [-0.25, -0.2) is 0 Å². The molecule has 0 radical (unpaired) electrons. The second-order valence-electron chi connectivity index (χ2n) is 2.97. The van der Waals surface area contributed by atoms with Gasteiger partial charge in [0, 0.05) is 0 Å². The first-order valence-corrected chi connectivity index (χ1v) is 3.79. The van der Waals surface area contributed by atoms with E-state index in [0.29, 0.717) is 0 Å². The number of nitrogens with zero attached hydrogens (tertiary/aromatic N) is 1. The monoisotopic (exact) mass is 177 g/mol. The molecule has 0 aromatic heterocycles. The van der Waals surface area contributed by atoms with Crippen LogP contribution in [0.15, 0.2) is 18.2 Å². The molecule has 1 aliphatic heterocycles. The highest BCUT2D eigenvalue weighted by Crippen LogP contribution is 2.21. The van der Waals surface area contributed by atoms with E-state index >= 15 is 0 Å². The van der Waals surface area contributed by atoms with Gasteiger partial charge >= 0.3 is 0 Å². The normalized spacial score (nSPS) is 15.1. The van der Waals surface area contributed by atoms with E-state index in [1.165, 1.54) is 0 Å². The van der Waals surface area contributed by atoms with Gasteiger partial charge in [0.15, 0.2) is 0 Å². The van der Waals surface area contributed by atoms with Crippen LogP contribution < -0.4 is 0 Å². The number of rotatable bonds is 0. The number of hydrogen-bond donors (Lipinski definition) is 1. The fourth-order valence-electron chi connectivity index (χ4n) is 1.34. The van der Waals surface area contributed by atoms with Crippen molar-refractivity contribution in [2.24, 2.45) is 0 Å². The first-order valence-electron chi connectivity index (χ1n) is 3.79. The summed E-state index contributed by atoms with van der Waals surface area (Å²) >= 11 is 0. The third-order valence-electron chi connectivity index (χ3n) is 2.02. The average molecular weight is 177 g/mol. The number of aryl methyl sites for hydroxylation is 1. The van der Waals surface area contributed by atoms with E-state index < -0.39 is 11.8 Å². The predicted octanol–water partition coefficient (Wildman–Crippen LogP) is 0.980. The standard InChI is InChI=1S/C9H7NO3/c1-5-2-3-6-7(4-5)9(12)10(13)8(6)11/h2-4,13H,1H3. The van der Waals surface area contributed by atoms with Crippen molar-refractivity contribution in [3.8, 4) is 0 Å². The van der Waals surface area contributed by atoms with Crippen LogP contribution in [-0.2, 0) is 0 Å². The van der Waals surface area contributed by atoms with Crippen LogP contribution >= 0.6 is 0 Å². The molecule has 1 aromatic carbocycles. The maximum atomic E-state index is 11.2. The number of carbonyl (C=O) groups is 2. The molecule has 1 N–H and O–H groups in total. The molecule has 1 heterocycles. The number of carbonyl (C=O) groups excluding carboxylic acids is 2. The van der Waals surface area contributed by atoms with Crippen LogP contribution in [0.2, 0.25) is 0 Å². The minimum Gasteiger partial charge on any atom is -0.278 e. The molecule has 0 atom stereocenters. The van der Waals surface area contributed by atoms with Crippen molar-refractivity contribution in [2.45, 2.75) is 6.92 Å². The first-order chi connectivity index (χ1) is 6.11. The molecule has 66 valence electrons. The molecule has 2 rings (SSSR count). The largest absolute Gasteiger partial charge is 0.285 e. The minimum atomic E-state index is -0.653. The summed E-state index contributed by atoms with van der Waals surface area (Å²) in [6.07, 6.45) is 0. The summed E-state index contributed by atoms with van der Waals surface area (Å²) in [7, 11) is 0. The molecule has 0 saturated heterocycles. The van der Waals surface area contributed by atoms with E-state index in [4.69, 9.17) is 5.21 Å². The molecule has 13 heavy (non-hydrogen) atoms. The second-order valence-corrected chi connectivity index (χ2v) is 2.97. The molecule has 0 unspecified atom stereocenters. The summed E-state index contributed by atoms with van der Waals surface area (Å²) in [5.74, 6) is -1.30. The fourth-order valence-corrected chi connectivity index (χ4v) is 1.34. The summed E-state index contributed by atoms with van der Waals surface area (Å²) in [4.78, 5) is 22.4. The van der Waals surface area contributed by atoms with Crippen molar-refractivity contribution in [3.63, 3.8) is 0 Å². The molecule has 0 fully saturated rings. The van der Waals surface area contributed by atoms with Crippen LogP contribution in [0.4, 0.5) is 0 Å². The van der Waals surface area contributed by atoms with Crippen LogP contribution in [0, 0.1) is 6.92 Å². The Morgan fingerprint density at radius 3 is 2.46 bits per heavy atom. The second kappa shape index (κ2) is 2.40. The van der Waals surface area contributed by atoms with E-state index in [0.717, 1.165) is 5.56 Å². The van der Waals surface area contributed by atoms with Gasteiger partial charge in [0.25, 0.3) is 11.8 Å². The fraction of sp³-hybridized carbons (Fsp3) is 0.111. The molecule has 4 nitrogen and oxygen atoms in total. The van der Waals surface area contributed by atoms with E-state index in [1.54, 1.807) is 18.2 Å². The van der Waals surface area contributed by atoms with Gasteiger partial charge in [-0.15, -0.1) is 5.06 Å². The lowest BCUT2D eigenvalue weighted by molar-refractivity contribution is -0.0327. The van der Waals surface area contributed by atoms with Gasteiger partial charge in [0.05, 0.1) is 11.1 Å².